The predicted molar refractivity (Wildman–Crippen MR) is 76.2 cm³/mol. The van der Waals surface area contributed by atoms with Crippen molar-refractivity contribution >= 4 is 11.4 Å². The monoisotopic (exact) mass is 278 g/mol. The van der Waals surface area contributed by atoms with Crippen LogP contribution in [0.1, 0.15) is 20.3 Å². The molecule has 0 amide bonds. The van der Waals surface area contributed by atoms with Crippen LogP contribution in [0.3, 0.4) is 0 Å². The van der Waals surface area contributed by atoms with E-state index in [4.69, 9.17) is 4.84 Å². The van der Waals surface area contributed by atoms with Crippen molar-refractivity contribution in [1.29, 1.82) is 0 Å². The van der Waals surface area contributed by atoms with Crippen LogP contribution < -0.4 is 9.74 Å². The van der Waals surface area contributed by atoms with E-state index in [9.17, 15) is 10.1 Å². The molecule has 1 N–H and O–H groups in total. The highest BCUT2D eigenvalue weighted by molar-refractivity contribution is 5.87. The molecular weight excluding hydrogens is 258 g/mol. The Labute approximate surface area is 118 Å². The Balaban J connectivity index is 2.03. The van der Waals surface area contributed by atoms with Gasteiger partial charge in [-0.15, -0.1) is 0 Å². The highest BCUT2D eigenvalue weighted by Gasteiger charge is 2.29. The molecule has 1 aromatic rings. The lowest BCUT2D eigenvalue weighted by Crippen LogP contribution is -3.14. The Bertz CT molecular complexity index is 513. The van der Waals surface area contributed by atoms with E-state index in [1.54, 1.807) is 12.1 Å². The number of hydrogen-bond donors (Lipinski definition) is 1. The number of nitrogens with one attached hydrogen (secondary N) is 1. The van der Waals surface area contributed by atoms with Gasteiger partial charge in [0, 0.05) is 24.5 Å². The standard InChI is InChI=1S/C14H19N3O3/c1-10-9-16(3)11(2)8-14(10)15-20-13-6-4-12(5-7-13)17(18)19/h4-7,10-11H,8-9H2,1-3H3/p+1/t10-,11-/m0/s1. The molecule has 1 aliphatic rings. The first kappa shape index (κ1) is 14.5. The van der Waals surface area contributed by atoms with Gasteiger partial charge in [0.05, 0.1) is 30.3 Å². The summed E-state index contributed by atoms with van der Waals surface area (Å²) in [7, 11) is 2.19. The number of nitro groups is 1. The first-order valence-corrected chi connectivity index (χ1v) is 6.78. The average molecular weight is 278 g/mol. The summed E-state index contributed by atoms with van der Waals surface area (Å²) in [6.45, 7) is 5.39. The summed E-state index contributed by atoms with van der Waals surface area (Å²) in [6.07, 6.45) is 0.917. The number of rotatable bonds is 3. The van der Waals surface area contributed by atoms with Crippen molar-refractivity contribution in [3.05, 3.63) is 34.4 Å². The van der Waals surface area contributed by atoms with Crippen molar-refractivity contribution in [2.45, 2.75) is 26.3 Å². The van der Waals surface area contributed by atoms with Gasteiger partial charge < -0.3 is 9.74 Å². The van der Waals surface area contributed by atoms with E-state index in [-0.39, 0.29) is 5.69 Å². The fraction of sp³-hybridized carbons (Fsp3) is 0.500. The van der Waals surface area contributed by atoms with Crippen LogP contribution in [0.4, 0.5) is 5.69 Å². The minimum Gasteiger partial charge on any atom is -0.357 e. The Hall–Kier alpha value is -1.95. The molecule has 0 spiro atoms. The zero-order valence-corrected chi connectivity index (χ0v) is 12.0. The second-order valence-electron chi connectivity index (χ2n) is 5.48. The van der Waals surface area contributed by atoms with Crippen LogP contribution in [0.5, 0.6) is 5.75 Å². The van der Waals surface area contributed by atoms with E-state index < -0.39 is 4.92 Å². The SMILES string of the molecule is C[C@H]1C[NH+](C)[C@@H](C)CC1=NOc1ccc([N+](=O)[O-])cc1. The maximum atomic E-state index is 10.6. The van der Waals surface area contributed by atoms with Gasteiger partial charge in [0.1, 0.15) is 0 Å². The first-order valence-electron chi connectivity index (χ1n) is 6.78. The number of non-ortho nitro benzene ring substituents is 1. The van der Waals surface area contributed by atoms with Crippen LogP contribution in [-0.2, 0) is 0 Å². The van der Waals surface area contributed by atoms with Crippen LogP contribution in [-0.4, -0.2) is 30.3 Å². The highest BCUT2D eigenvalue weighted by atomic mass is 16.6. The van der Waals surface area contributed by atoms with Crippen LogP contribution in [0.25, 0.3) is 0 Å². The topological polar surface area (TPSA) is 69.2 Å². The number of oxime groups is 1. The second kappa shape index (κ2) is 6.00. The number of benzene rings is 1. The van der Waals surface area contributed by atoms with Gasteiger partial charge in [0.25, 0.3) is 5.69 Å². The lowest BCUT2D eigenvalue weighted by atomic mass is 9.93. The summed E-state index contributed by atoms with van der Waals surface area (Å²) in [6, 6.07) is 6.50. The molecule has 3 atom stereocenters. The van der Waals surface area contributed by atoms with Gasteiger partial charge in [-0.25, -0.2) is 0 Å². The van der Waals surface area contributed by atoms with Crippen molar-refractivity contribution in [3.8, 4) is 5.75 Å². The Morgan fingerprint density at radius 3 is 2.60 bits per heavy atom. The molecule has 0 saturated carbocycles. The Morgan fingerprint density at radius 2 is 2.00 bits per heavy atom. The Kier molecular flexibility index (Phi) is 4.34. The molecule has 2 rings (SSSR count). The van der Waals surface area contributed by atoms with Crippen molar-refractivity contribution in [3.63, 3.8) is 0 Å². The molecule has 6 nitrogen and oxygen atoms in total. The number of quaternary nitrogens is 1. The molecule has 1 aliphatic heterocycles. The molecule has 6 heteroatoms. The third-order valence-electron chi connectivity index (χ3n) is 3.87. The van der Waals surface area contributed by atoms with E-state index in [2.05, 4.69) is 26.1 Å². The summed E-state index contributed by atoms with van der Waals surface area (Å²) in [5.74, 6) is 0.915. The molecule has 108 valence electrons. The van der Waals surface area contributed by atoms with Crippen LogP contribution in [0.2, 0.25) is 0 Å². The lowest BCUT2D eigenvalue weighted by Gasteiger charge is -2.31. The largest absolute Gasteiger partial charge is 0.357 e. The van der Waals surface area contributed by atoms with Gasteiger partial charge >= 0.3 is 0 Å². The normalized spacial score (nSPS) is 28.4. The smallest absolute Gasteiger partial charge is 0.269 e. The number of hydrogen-bond acceptors (Lipinski definition) is 4. The summed E-state index contributed by atoms with van der Waals surface area (Å²) in [4.78, 5) is 17.0. The van der Waals surface area contributed by atoms with E-state index in [0.29, 0.717) is 17.7 Å². The highest BCUT2D eigenvalue weighted by Crippen LogP contribution is 2.18. The number of nitro benzene ring substituents is 1. The van der Waals surface area contributed by atoms with Crippen LogP contribution >= 0.6 is 0 Å². The second-order valence-corrected chi connectivity index (χ2v) is 5.48. The zero-order valence-electron chi connectivity index (χ0n) is 12.0. The molecule has 0 aliphatic carbocycles. The molecule has 20 heavy (non-hydrogen) atoms. The molecule has 1 fully saturated rings. The van der Waals surface area contributed by atoms with Crippen molar-refractivity contribution in [2.75, 3.05) is 13.6 Å². The number of nitrogens with zero attached hydrogens (tertiary/aromatic N) is 2. The van der Waals surface area contributed by atoms with Crippen molar-refractivity contribution in [1.82, 2.24) is 0 Å². The van der Waals surface area contributed by atoms with E-state index in [0.717, 1.165) is 18.7 Å². The molecule has 1 unspecified atom stereocenters. The maximum absolute atomic E-state index is 10.6. The summed E-state index contributed by atoms with van der Waals surface area (Å²) >= 11 is 0. The van der Waals surface area contributed by atoms with Crippen molar-refractivity contribution in [2.24, 2.45) is 11.1 Å². The summed E-state index contributed by atoms with van der Waals surface area (Å²) < 4.78 is 0. The average Bonchev–Trinajstić information content (AvgIpc) is 2.42. The summed E-state index contributed by atoms with van der Waals surface area (Å²) in [5, 5.41) is 14.8. The van der Waals surface area contributed by atoms with Gasteiger partial charge in [0.15, 0.2) is 5.75 Å². The van der Waals surface area contributed by atoms with Crippen molar-refractivity contribution < 1.29 is 14.7 Å². The molecule has 1 heterocycles. The quantitative estimate of drug-likeness (QED) is 0.668. The number of likely N-dealkylation sites (tertiary alicyclic amines) is 1. The van der Waals surface area contributed by atoms with Crippen LogP contribution in [0.15, 0.2) is 29.4 Å². The van der Waals surface area contributed by atoms with Crippen LogP contribution in [0, 0.1) is 16.0 Å². The van der Waals surface area contributed by atoms with Gasteiger partial charge in [-0.05, 0) is 19.1 Å². The minimum atomic E-state index is -0.431. The first-order chi connectivity index (χ1) is 9.47. The Morgan fingerprint density at radius 1 is 1.35 bits per heavy atom. The molecular formula is C14H20N3O3+. The lowest BCUT2D eigenvalue weighted by molar-refractivity contribution is -0.908. The molecule has 0 aromatic heterocycles. The maximum Gasteiger partial charge on any atom is 0.269 e. The third-order valence-corrected chi connectivity index (χ3v) is 3.87. The van der Waals surface area contributed by atoms with Gasteiger partial charge in [-0.3, -0.25) is 10.1 Å². The van der Waals surface area contributed by atoms with Gasteiger partial charge in [0.2, 0.25) is 0 Å². The number of piperidine rings is 1. The van der Waals surface area contributed by atoms with Gasteiger partial charge in [-0.2, -0.15) is 0 Å². The fourth-order valence-electron chi connectivity index (χ4n) is 2.36. The molecule has 0 bridgehead atoms. The molecule has 1 saturated heterocycles. The van der Waals surface area contributed by atoms with E-state index in [1.165, 1.54) is 17.0 Å². The van der Waals surface area contributed by atoms with E-state index in [1.807, 2.05) is 0 Å². The zero-order chi connectivity index (χ0) is 14.7. The molecule has 1 aromatic carbocycles. The summed E-state index contributed by atoms with van der Waals surface area (Å²) in [5.41, 5.74) is 1.11. The van der Waals surface area contributed by atoms with Gasteiger partial charge in [-0.1, -0.05) is 12.1 Å². The fourth-order valence-corrected chi connectivity index (χ4v) is 2.36. The third kappa shape index (κ3) is 3.33. The van der Waals surface area contributed by atoms with E-state index >= 15 is 0 Å². The minimum absolute atomic E-state index is 0.0508. The molecule has 0 radical (unpaired) electrons. The predicted octanol–water partition coefficient (Wildman–Crippen LogP) is 1.27.